The summed E-state index contributed by atoms with van der Waals surface area (Å²) >= 11 is 0. The van der Waals surface area contributed by atoms with E-state index in [2.05, 4.69) is 20.1 Å². The maximum atomic E-state index is 13.3. The molecule has 41 heavy (non-hydrogen) atoms. The SMILES string of the molecule is Cc1ccccc1NC(=O)CC[C@H]1CN(Cc2ccccn2)CC[C@H]1N1CCN(c2cccc(C(F)(F)F)c2)CC1. The van der Waals surface area contributed by atoms with Gasteiger partial charge < -0.3 is 10.2 Å². The molecule has 1 N–H and O–H groups in total. The Morgan fingerprint density at radius 3 is 2.49 bits per heavy atom. The second-order valence-corrected chi connectivity index (χ2v) is 11.1. The number of anilines is 2. The molecule has 5 rings (SSSR count). The van der Waals surface area contributed by atoms with Crippen molar-refractivity contribution in [3.8, 4) is 0 Å². The summed E-state index contributed by atoms with van der Waals surface area (Å²) in [7, 11) is 0. The molecule has 0 aliphatic carbocycles. The predicted octanol–water partition coefficient (Wildman–Crippen LogP) is 5.84. The van der Waals surface area contributed by atoms with Crippen molar-refractivity contribution < 1.29 is 18.0 Å². The summed E-state index contributed by atoms with van der Waals surface area (Å²) in [5, 5.41) is 3.07. The largest absolute Gasteiger partial charge is 0.416 e. The number of carbonyl (C=O) groups is 1. The van der Waals surface area contributed by atoms with Crippen molar-refractivity contribution in [3.63, 3.8) is 0 Å². The first-order valence-corrected chi connectivity index (χ1v) is 14.4. The van der Waals surface area contributed by atoms with Crippen molar-refractivity contribution in [2.24, 2.45) is 5.92 Å². The smallest absolute Gasteiger partial charge is 0.369 e. The summed E-state index contributed by atoms with van der Waals surface area (Å²) in [5.41, 5.74) is 2.93. The summed E-state index contributed by atoms with van der Waals surface area (Å²) in [5.74, 6) is 0.324. The highest BCUT2D eigenvalue weighted by Gasteiger charge is 2.36. The molecule has 0 spiro atoms. The molecule has 2 fully saturated rings. The molecule has 2 aromatic carbocycles. The van der Waals surface area contributed by atoms with E-state index in [4.69, 9.17) is 0 Å². The number of rotatable bonds is 8. The number of carbonyl (C=O) groups excluding carboxylic acids is 1. The molecule has 218 valence electrons. The van der Waals surface area contributed by atoms with Gasteiger partial charge in [0.25, 0.3) is 0 Å². The van der Waals surface area contributed by atoms with Gasteiger partial charge in [0.15, 0.2) is 0 Å². The van der Waals surface area contributed by atoms with Crippen molar-refractivity contribution in [1.82, 2.24) is 14.8 Å². The fraction of sp³-hybridized carbons (Fsp3) is 0.438. The van der Waals surface area contributed by atoms with Crippen LogP contribution in [-0.4, -0.2) is 66.0 Å². The molecule has 2 atom stereocenters. The quantitative estimate of drug-likeness (QED) is 0.372. The minimum absolute atomic E-state index is 0.0225. The van der Waals surface area contributed by atoms with E-state index in [1.807, 2.05) is 60.5 Å². The zero-order valence-corrected chi connectivity index (χ0v) is 23.5. The second-order valence-electron chi connectivity index (χ2n) is 11.1. The van der Waals surface area contributed by atoms with Crippen LogP contribution in [0.25, 0.3) is 0 Å². The summed E-state index contributed by atoms with van der Waals surface area (Å²) in [6.07, 6.45) is -0.328. The van der Waals surface area contributed by atoms with Gasteiger partial charge in [-0.25, -0.2) is 0 Å². The highest BCUT2D eigenvalue weighted by molar-refractivity contribution is 5.91. The number of alkyl halides is 3. The Balaban J connectivity index is 1.23. The van der Waals surface area contributed by atoms with Gasteiger partial charge in [0, 0.05) is 75.8 Å². The van der Waals surface area contributed by atoms with E-state index in [-0.39, 0.29) is 5.91 Å². The van der Waals surface area contributed by atoms with Gasteiger partial charge in [-0.2, -0.15) is 13.2 Å². The first-order valence-electron chi connectivity index (χ1n) is 14.4. The van der Waals surface area contributed by atoms with Crippen LogP contribution in [0.1, 0.15) is 36.1 Å². The molecule has 3 aromatic rings. The molecule has 1 amide bonds. The van der Waals surface area contributed by atoms with E-state index in [1.54, 1.807) is 6.07 Å². The van der Waals surface area contributed by atoms with E-state index >= 15 is 0 Å². The fourth-order valence-electron chi connectivity index (χ4n) is 6.16. The van der Waals surface area contributed by atoms with Crippen molar-refractivity contribution in [1.29, 1.82) is 0 Å². The third-order valence-corrected chi connectivity index (χ3v) is 8.37. The fourth-order valence-corrected chi connectivity index (χ4v) is 6.16. The number of pyridine rings is 1. The number of aromatic nitrogens is 1. The van der Waals surface area contributed by atoms with Crippen molar-refractivity contribution in [2.75, 3.05) is 49.5 Å². The van der Waals surface area contributed by atoms with E-state index < -0.39 is 11.7 Å². The molecular formula is C32H38F3N5O. The topological polar surface area (TPSA) is 51.7 Å². The lowest BCUT2D eigenvalue weighted by Crippen LogP contribution is -2.56. The van der Waals surface area contributed by atoms with Gasteiger partial charge in [0.1, 0.15) is 0 Å². The summed E-state index contributed by atoms with van der Waals surface area (Å²) in [6.45, 7) is 7.52. The molecule has 2 saturated heterocycles. The molecule has 0 unspecified atom stereocenters. The lowest BCUT2D eigenvalue weighted by atomic mass is 9.86. The van der Waals surface area contributed by atoms with Crippen LogP contribution >= 0.6 is 0 Å². The summed E-state index contributed by atoms with van der Waals surface area (Å²) in [4.78, 5) is 24.4. The Kier molecular flexibility index (Phi) is 9.25. The average molecular weight is 566 g/mol. The van der Waals surface area contributed by atoms with Crippen LogP contribution in [0.4, 0.5) is 24.5 Å². The second kappa shape index (κ2) is 13.0. The molecule has 2 aliphatic rings. The van der Waals surface area contributed by atoms with Crippen LogP contribution in [0.5, 0.6) is 0 Å². The highest BCUT2D eigenvalue weighted by atomic mass is 19.4. The van der Waals surface area contributed by atoms with Gasteiger partial charge in [0.2, 0.25) is 5.91 Å². The first kappa shape index (κ1) is 29.1. The zero-order chi connectivity index (χ0) is 28.8. The van der Waals surface area contributed by atoms with Crippen LogP contribution in [0.3, 0.4) is 0 Å². The number of para-hydroxylation sites is 1. The van der Waals surface area contributed by atoms with Gasteiger partial charge in [0.05, 0.1) is 11.3 Å². The number of halogens is 3. The van der Waals surface area contributed by atoms with Crippen molar-refractivity contribution >= 4 is 17.3 Å². The van der Waals surface area contributed by atoms with Crippen LogP contribution < -0.4 is 10.2 Å². The van der Waals surface area contributed by atoms with E-state index in [1.165, 1.54) is 12.1 Å². The number of aryl methyl sites for hydroxylation is 1. The molecule has 0 saturated carbocycles. The number of amides is 1. The first-order chi connectivity index (χ1) is 19.8. The number of hydrogen-bond donors (Lipinski definition) is 1. The minimum atomic E-state index is -4.35. The average Bonchev–Trinajstić information content (AvgIpc) is 2.98. The van der Waals surface area contributed by atoms with Crippen LogP contribution in [-0.2, 0) is 17.5 Å². The maximum absolute atomic E-state index is 13.3. The Morgan fingerprint density at radius 1 is 0.976 bits per heavy atom. The van der Waals surface area contributed by atoms with Crippen LogP contribution in [0.2, 0.25) is 0 Å². The van der Waals surface area contributed by atoms with Gasteiger partial charge in [-0.3, -0.25) is 19.6 Å². The molecule has 1 aromatic heterocycles. The van der Waals surface area contributed by atoms with Gasteiger partial charge in [-0.15, -0.1) is 0 Å². The number of hydrogen-bond acceptors (Lipinski definition) is 5. The lowest BCUT2D eigenvalue weighted by molar-refractivity contribution is -0.137. The standard InChI is InChI=1S/C32H38F3N5O/c1-24-7-2-3-11-29(24)37-31(41)13-12-25-22-38(23-27-9-4-5-15-36-27)16-14-30(25)40-19-17-39(18-20-40)28-10-6-8-26(21-28)32(33,34)35/h2-11,15,21,25,30H,12-14,16-20,22-23H2,1H3,(H,37,41)/t25-,30+/m0/s1. The molecule has 2 aliphatic heterocycles. The Hall–Kier alpha value is -3.43. The number of piperazine rings is 1. The van der Waals surface area contributed by atoms with Gasteiger partial charge >= 0.3 is 6.18 Å². The van der Waals surface area contributed by atoms with Crippen LogP contribution in [0, 0.1) is 12.8 Å². The molecular weight excluding hydrogens is 527 g/mol. The molecule has 6 nitrogen and oxygen atoms in total. The Labute approximate surface area is 240 Å². The highest BCUT2D eigenvalue weighted by Crippen LogP contribution is 2.33. The van der Waals surface area contributed by atoms with E-state index in [0.717, 1.165) is 68.6 Å². The van der Waals surface area contributed by atoms with E-state index in [0.29, 0.717) is 37.2 Å². The third kappa shape index (κ3) is 7.65. The monoisotopic (exact) mass is 565 g/mol. The van der Waals surface area contributed by atoms with Crippen molar-refractivity contribution in [3.05, 3.63) is 89.7 Å². The molecule has 3 heterocycles. The number of nitrogens with one attached hydrogen (secondary N) is 1. The Bertz CT molecular complexity index is 1290. The minimum Gasteiger partial charge on any atom is -0.369 e. The third-order valence-electron chi connectivity index (χ3n) is 8.37. The summed E-state index contributed by atoms with van der Waals surface area (Å²) in [6, 6.07) is 19.7. The summed E-state index contributed by atoms with van der Waals surface area (Å²) < 4.78 is 39.8. The normalized spacial score (nSPS) is 20.6. The maximum Gasteiger partial charge on any atom is 0.416 e. The van der Waals surface area contributed by atoms with Crippen molar-refractivity contribution in [2.45, 2.75) is 44.9 Å². The lowest BCUT2D eigenvalue weighted by Gasteiger charge is -2.47. The number of piperidine rings is 1. The predicted molar refractivity (Wildman–Crippen MR) is 156 cm³/mol. The number of benzene rings is 2. The van der Waals surface area contributed by atoms with E-state index in [9.17, 15) is 18.0 Å². The molecule has 0 radical (unpaired) electrons. The van der Waals surface area contributed by atoms with Crippen LogP contribution in [0.15, 0.2) is 72.9 Å². The number of nitrogens with zero attached hydrogens (tertiary/aromatic N) is 4. The molecule has 0 bridgehead atoms. The number of likely N-dealkylation sites (tertiary alicyclic amines) is 1. The Morgan fingerprint density at radius 2 is 1.76 bits per heavy atom. The zero-order valence-electron chi connectivity index (χ0n) is 23.5. The van der Waals surface area contributed by atoms with Gasteiger partial charge in [-0.1, -0.05) is 30.3 Å². The van der Waals surface area contributed by atoms with Gasteiger partial charge in [-0.05, 0) is 67.6 Å². The molecule has 9 heteroatoms.